The minimum atomic E-state index is 0.277. The molecule has 0 saturated carbocycles. The van der Waals surface area contributed by atoms with Crippen LogP contribution in [0.1, 0.15) is 15.9 Å². The Labute approximate surface area is 116 Å². The highest BCUT2D eigenvalue weighted by atomic mass is 32.2. The van der Waals surface area contributed by atoms with Crippen molar-refractivity contribution >= 4 is 18.0 Å². The van der Waals surface area contributed by atoms with Crippen molar-refractivity contribution < 1.29 is 14.6 Å². The summed E-state index contributed by atoms with van der Waals surface area (Å²) >= 11 is 1.49. The zero-order valence-corrected chi connectivity index (χ0v) is 11.3. The molecule has 0 spiro atoms. The summed E-state index contributed by atoms with van der Waals surface area (Å²) in [6, 6.07) is 12.4. The number of hydrogen-bond acceptors (Lipinski definition) is 4. The van der Waals surface area contributed by atoms with E-state index < -0.39 is 0 Å². The van der Waals surface area contributed by atoms with E-state index in [-0.39, 0.29) is 5.75 Å². The first kappa shape index (κ1) is 13.5. The zero-order chi connectivity index (χ0) is 13.7. The normalized spacial score (nSPS) is 10.2. The maximum Gasteiger partial charge on any atom is 0.150 e. The van der Waals surface area contributed by atoms with Crippen LogP contribution in [-0.4, -0.2) is 17.6 Å². The van der Waals surface area contributed by atoms with Gasteiger partial charge in [-0.3, -0.25) is 4.79 Å². The van der Waals surface area contributed by atoms with Crippen LogP contribution in [0, 0.1) is 0 Å². The van der Waals surface area contributed by atoms with Crippen molar-refractivity contribution in [2.24, 2.45) is 0 Å². The Morgan fingerprint density at radius 2 is 2.11 bits per heavy atom. The molecular weight excluding hydrogens is 260 g/mol. The molecule has 0 aromatic heterocycles. The first-order valence-corrected chi connectivity index (χ1v) is 6.99. The Morgan fingerprint density at radius 1 is 1.26 bits per heavy atom. The minimum absolute atomic E-state index is 0.277. The van der Waals surface area contributed by atoms with Crippen LogP contribution in [0.2, 0.25) is 0 Å². The second-order valence-corrected chi connectivity index (χ2v) is 4.83. The molecule has 0 saturated heterocycles. The second-order valence-electron chi connectivity index (χ2n) is 3.99. The number of aromatic hydroxyl groups is 1. The Morgan fingerprint density at radius 3 is 2.84 bits per heavy atom. The molecule has 0 fully saturated rings. The third-order valence-electron chi connectivity index (χ3n) is 2.64. The monoisotopic (exact) mass is 274 g/mol. The van der Waals surface area contributed by atoms with E-state index in [4.69, 9.17) is 4.74 Å². The SMILES string of the molecule is CSc1cc(COc2cccc(C=O)c2)ccc1O. The Kier molecular flexibility index (Phi) is 4.47. The third-order valence-corrected chi connectivity index (χ3v) is 3.41. The molecule has 4 heteroatoms. The first-order chi connectivity index (χ1) is 9.22. The van der Waals surface area contributed by atoms with Crippen molar-refractivity contribution in [2.45, 2.75) is 11.5 Å². The van der Waals surface area contributed by atoms with E-state index in [0.717, 1.165) is 16.7 Å². The quantitative estimate of drug-likeness (QED) is 0.669. The van der Waals surface area contributed by atoms with Gasteiger partial charge in [0.15, 0.2) is 0 Å². The van der Waals surface area contributed by atoms with Gasteiger partial charge in [0.2, 0.25) is 0 Å². The minimum Gasteiger partial charge on any atom is -0.507 e. The van der Waals surface area contributed by atoms with Crippen LogP contribution in [0.15, 0.2) is 47.4 Å². The number of hydrogen-bond donors (Lipinski definition) is 1. The maximum absolute atomic E-state index is 10.7. The summed E-state index contributed by atoms with van der Waals surface area (Å²) in [6.07, 6.45) is 2.70. The zero-order valence-electron chi connectivity index (χ0n) is 10.5. The van der Waals surface area contributed by atoms with E-state index in [2.05, 4.69) is 0 Å². The third kappa shape index (κ3) is 3.51. The van der Waals surface area contributed by atoms with Gasteiger partial charge in [0.1, 0.15) is 24.4 Å². The Balaban J connectivity index is 2.07. The number of carbonyl (C=O) groups excluding carboxylic acids is 1. The summed E-state index contributed by atoms with van der Waals surface area (Å²) in [4.78, 5) is 11.5. The fraction of sp³-hybridized carbons (Fsp3) is 0.133. The van der Waals surface area contributed by atoms with Gasteiger partial charge in [-0.25, -0.2) is 0 Å². The lowest BCUT2D eigenvalue weighted by atomic mass is 10.2. The summed E-state index contributed by atoms with van der Waals surface area (Å²) in [7, 11) is 0. The molecule has 19 heavy (non-hydrogen) atoms. The fourth-order valence-corrected chi connectivity index (χ4v) is 2.20. The van der Waals surface area contributed by atoms with Gasteiger partial charge in [0.25, 0.3) is 0 Å². The van der Waals surface area contributed by atoms with Crippen molar-refractivity contribution in [3.05, 3.63) is 53.6 Å². The van der Waals surface area contributed by atoms with Crippen molar-refractivity contribution in [2.75, 3.05) is 6.26 Å². The molecule has 0 amide bonds. The van der Waals surface area contributed by atoms with E-state index in [0.29, 0.717) is 17.9 Å². The first-order valence-electron chi connectivity index (χ1n) is 5.77. The highest BCUT2D eigenvalue weighted by Crippen LogP contribution is 2.27. The summed E-state index contributed by atoms with van der Waals surface area (Å²) in [6.45, 7) is 0.399. The van der Waals surface area contributed by atoms with Gasteiger partial charge < -0.3 is 9.84 Å². The molecule has 0 aliphatic heterocycles. The summed E-state index contributed by atoms with van der Waals surface area (Å²) in [5, 5.41) is 9.59. The Bertz CT molecular complexity index is 581. The lowest BCUT2D eigenvalue weighted by molar-refractivity contribution is 0.112. The average molecular weight is 274 g/mol. The van der Waals surface area contributed by atoms with Gasteiger partial charge in [-0.15, -0.1) is 11.8 Å². The molecule has 0 radical (unpaired) electrons. The number of phenolic OH excluding ortho intramolecular Hbond substituents is 1. The summed E-state index contributed by atoms with van der Waals surface area (Å²) in [5.74, 6) is 0.933. The van der Waals surface area contributed by atoms with Gasteiger partial charge in [-0.2, -0.15) is 0 Å². The predicted molar refractivity (Wildman–Crippen MR) is 76.0 cm³/mol. The van der Waals surface area contributed by atoms with E-state index in [1.54, 1.807) is 24.3 Å². The molecule has 1 N–H and O–H groups in total. The maximum atomic E-state index is 10.7. The lowest BCUT2D eigenvalue weighted by Gasteiger charge is -2.08. The predicted octanol–water partition coefficient (Wildman–Crippen LogP) is 3.51. The number of carbonyl (C=O) groups is 1. The number of ether oxygens (including phenoxy) is 1. The van der Waals surface area contributed by atoms with Gasteiger partial charge in [-0.05, 0) is 36.1 Å². The molecule has 0 heterocycles. The fourth-order valence-electron chi connectivity index (χ4n) is 1.66. The number of rotatable bonds is 5. The van der Waals surface area contributed by atoms with Crippen molar-refractivity contribution in [1.82, 2.24) is 0 Å². The van der Waals surface area contributed by atoms with E-state index in [9.17, 15) is 9.90 Å². The summed E-state index contributed by atoms with van der Waals surface area (Å²) < 4.78 is 5.62. The Hall–Kier alpha value is -1.94. The molecule has 2 rings (SSSR count). The van der Waals surface area contributed by atoms with Crippen LogP contribution >= 0.6 is 11.8 Å². The molecule has 98 valence electrons. The highest BCUT2D eigenvalue weighted by molar-refractivity contribution is 7.98. The largest absolute Gasteiger partial charge is 0.507 e. The van der Waals surface area contributed by atoms with Crippen LogP contribution in [0.3, 0.4) is 0 Å². The van der Waals surface area contributed by atoms with Crippen molar-refractivity contribution in [3.63, 3.8) is 0 Å². The van der Waals surface area contributed by atoms with Crippen LogP contribution in [0.5, 0.6) is 11.5 Å². The van der Waals surface area contributed by atoms with Crippen LogP contribution in [0.25, 0.3) is 0 Å². The molecule has 2 aromatic rings. The lowest BCUT2D eigenvalue weighted by Crippen LogP contribution is -1.96. The molecule has 0 bridgehead atoms. The van der Waals surface area contributed by atoms with Crippen molar-refractivity contribution in [3.8, 4) is 11.5 Å². The standard InChI is InChI=1S/C15H14O3S/c1-19-15-8-12(5-6-14(15)17)10-18-13-4-2-3-11(7-13)9-16/h2-9,17H,10H2,1H3. The van der Waals surface area contributed by atoms with Crippen molar-refractivity contribution in [1.29, 1.82) is 0 Å². The second kappa shape index (κ2) is 6.29. The van der Waals surface area contributed by atoms with Crippen LogP contribution in [-0.2, 0) is 6.61 Å². The van der Waals surface area contributed by atoms with Gasteiger partial charge in [-0.1, -0.05) is 18.2 Å². The van der Waals surface area contributed by atoms with E-state index in [1.807, 2.05) is 24.5 Å². The smallest absolute Gasteiger partial charge is 0.150 e. The molecule has 0 aliphatic carbocycles. The molecular formula is C15H14O3S. The number of benzene rings is 2. The van der Waals surface area contributed by atoms with Crippen LogP contribution in [0.4, 0.5) is 0 Å². The van der Waals surface area contributed by atoms with Gasteiger partial charge >= 0.3 is 0 Å². The van der Waals surface area contributed by atoms with E-state index >= 15 is 0 Å². The van der Waals surface area contributed by atoms with Crippen LogP contribution < -0.4 is 4.74 Å². The number of phenols is 1. The highest BCUT2D eigenvalue weighted by Gasteiger charge is 2.03. The summed E-state index contributed by atoms with van der Waals surface area (Å²) in [5.41, 5.74) is 1.56. The van der Waals surface area contributed by atoms with Gasteiger partial charge in [0, 0.05) is 10.5 Å². The number of aldehydes is 1. The molecule has 0 aliphatic rings. The molecule has 0 atom stereocenters. The molecule has 2 aromatic carbocycles. The topological polar surface area (TPSA) is 46.5 Å². The number of thioether (sulfide) groups is 1. The molecule has 0 unspecified atom stereocenters. The van der Waals surface area contributed by atoms with Gasteiger partial charge in [0.05, 0.1) is 0 Å². The molecule has 3 nitrogen and oxygen atoms in total. The average Bonchev–Trinajstić information content (AvgIpc) is 2.46. The van der Waals surface area contributed by atoms with E-state index in [1.165, 1.54) is 11.8 Å².